The number of para-hydroxylation sites is 1. The fraction of sp³-hybridized carbons (Fsp3) is 0. The van der Waals surface area contributed by atoms with Crippen molar-refractivity contribution in [1.82, 2.24) is 0 Å². The molecule has 4 N–H and O–H groups in total. The number of nitrogens with two attached hydrogens (primary N) is 1. The number of nitrogens with zero attached hydrogens (tertiary/aromatic N) is 1. The zero-order chi connectivity index (χ0) is 18.5. The van der Waals surface area contributed by atoms with Crippen LogP contribution < -0.4 is 16.4 Å². The minimum atomic E-state index is -0.462. The van der Waals surface area contributed by atoms with Crippen molar-refractivity contribution < 1.29 is 9.72 Å². The first-order valence-corrected chi connectivity index (χ1v) is 7.80. The Morgan fingerprint density at radius 2 is 1.65 bits per heavy atom. The van der Waals surface area contributed by atoms with E-state index in [2.05, 4.69) is 10.6 Å². The average molecular weight is 348 g/mol. The van der Waals surface area contributed by atoms with Crippen molar-refractivity contribution in [3.63, 3.8) is 0 Å². The van der Waals surface area contributed by atoms with E-state index in [0.717, 1.165) is 0 Å². The molecule has 0 saturated carbocycles. The van der Waals surface area contributed by atoms with Crippen molar-refractivity contribution in [2.75, 3.05) is 16.4 Å². The van der Waals surface area contributed by atoms with E-state index in [9.17, 15) is 14.9 Å². The van der Waals surface area contributed by atoms with Crippen LogP contribution in [0.5, 0.6) is 0 Å². The number of anilines is 4. The third kappa shape index (κ3) is 3.96. The zero-order valence-electron chi connectivity index (χ0n) is 13.7. The van der Waals surface area contributed by atoms with E-state index in [1.807, 2.05) is 0 Å². The minimum Gasteiger partial charge on any atom is -0.399 e. The van der Waals surface area contributed by atoms with Crippen molar-refractivity contribution in [2.45, 2.75) is 0 Å². The van der Waals surface area contributed by atoms with Gasteiger partial charge in [-0.2, -0.15) is 0 Å². The first kappa shape index (κ1) is 17.0. The number of non-ortho nitro benzene ring substituents is 1. The van der Waals surface area contributed by atoms with Gasteiger partial charge in [-0.15, -0.1) is 0 Å². The maximum absolute atomic E-state index is 12.6. The van der Waals surface area contributed by atoms with E-state index in [0.29, 0.717) is 28.3 Å². The molecule has 0 saturated heterocycles. The summed E-state index contributed by atoms with van der Waals surface area (Å²) >= 11 is 0. The minimum absolute atomic E-state index is 0.00300. The second-order valence-corrected chi connectivity index (χ2v) is 5.55. The number of nitro benzene ring substituents is 1. The van der Waals surface area contributed by atoms with Crippen LogP contribution in [0.3, 0.4) is 0 Å². The number of nitrogen functional groups attached to an aromatic ring is 1. The van der Waals surface area contributed by atoms with Gasteiger partial charge in [-0.3, -0.25) is 14.9 Å². The maximum atomic E-state index is 12.6. The third-order valence-electron chi connectivity index (χ3n) is 3.67. The number of hydrogen-bond acceptors (Lipinski definition) is 5. The van der Waals surface area contributed by atoms with Gasteiger partial charge in [-0.25, -0.2) is 0 Å². The van der Waals surface area contributed by atoms with Crippen molar-refractivity contribution >= 4 is 34.3 Å². The van der Waals surface area contributed by atoms with Gasteiger partial charge in [0.2, 0.25) is 0 Å². The van der Waals surface area contributed by atoms with E-state index >= 15 is 0 Å². The van der Waals surface area contributed by atoms with Crippen LogP contribution in [0.25, 0.3) is 0 Å². The van der Waals surface area contributed by atoms with E-state index in [4.69, 9.17) is 5.73 Å². The molecule has 0 radical (unpaired) electrons. The van der Waals surface area contributed by atoms with E-state index in [1.165, 1.54) is 12.1 Å². The number of nitro groups is 1. The number of carbonyl (C=O) groups excluding carboxylic acids is 1. The summed E-state index contributed by atoms with van der Waals surface area (Å²) in [6.07, 6.45) is 0. The molecule has 3 aromatic carbocycles. The molecule has 0 bridgehead atoms. The molecule has 3 rings (SSSR count). The molecule has 0 fully saturated rings. The average Bonchev–Trinajstić information content (AvgIpc) is 2.62. The lowest BCUT2D eigenvalue weighted by atomic mass is 10.1. The van der Waals surface area contributed by atoms with Crippen LogP contribution in [0, 0.1) is 10.1 Å². The summed E-state index contributed by atoms with van der Waals surface area (Å²) in [5, 5.41) is 16.6. The molecule has 7 heteroatoms. The summed E-state index contributed by atoms with van der Waals surface area (Å²) in [5.74, 6) is -0.291. The Labute approximate surface area is 149 Å². The summed E-state index contributed by atoms with van der Waals surface area (Å²) in [7, 11) is 0. The fourth-order valence-corrected chi connectivity index (χ4v) is 2.43. The summed E-state index contributed by atoms with van der Waals surface area (Å²) in [6.45, 7) is 0. The Balaban J connectivity index is 1.81. The van der Waals surface area contributed by atoms with E-state index in [-0.39, 0.29) is 11.6 Å². The molecule has 0 unspecified atom stereocenters. The van der Waals surface area contributed by atoms with Crippen LogP contribution in [0.15, 0.2) is 72.8 Å². The predicted molar refractivity (Wildman–Crippen MR) is 102 cm³/mol. The second kappa shape index (κ2) is 7.35. The standard InChI is InChI=1S/C19H16N4O3/c20-13-4-3-5-15(12-13)22-19(24)17-6-1-2-7-18(17)21-14-8-10-16(11-9-14)23(25)26/h1-12,21H,20H2,(H,22,24). The molecule has 26 heavy (non-hydrogen) atoms. The normalized spacial score (nSPS) is 10.2. The molecule has 0 aliphatic carbocycles. The zero-order valence-corrected chi connectivity index (χ0v) is 13.7. The third-order valence-corrected chi connectivity index (χ3v) is 3.67. The Kier molecular flexibility index (Phi) is 4.80. The largest absolute Gasteiger partial charge is 0.399 e. The number of rotatable bonds is 5. The van der Waals surface area contributed by atoms with Crippen LogP contribution >= 0.6 is 0 Å². The molecule has 0 aliphatic heterocycles. The van der Waals surface area contributed by atoms with Gasteiger partial charge >= 0.3 is 0 Å². The van der Waals surface area contributed by atoms with Crippen molar-refractivity contribution in [3.05, 3.63) is 88.5 Å². The van der Waals surface area contributed by atoms with Gasteiger partial charge in [0.1, 0.15) is 0 Å². The molecular formula is C19H16N4O3. The molecule has 0 aliphatic rings. The topological polar surface area (TPSA) is 110 Å². The summed E-state index contributed by atoms with van der Waals surface area (Å²) < 4.78 is 0. The number of hydrogen-bond donors (Lipinski definition) is 3. The number of nitrogens with one attached hydrogen (secondary N) is 2. The molecule has 0 atom stereocenters. The Bertz CT molecular complexity index is 955. The summed E-state index contributed by atoms with van der Waals surface area (Å²) in [4.78, 5) is 22.9. The molecule has 0 spiro atoms. The first-order chi connectivity index (χ1) is 12.5. The summed E-state index contributed by atoms with van der Waals surface area (Å²) in [6, 6.07) is 19.9. The van der Waals surface area contributed by atoms with Gasteiger partial charge < -0.3 is 16.4 Å². The highest BCUT2D eigenvalue weighted by molar-refractivity contribution is 6.08. The SMILES string of the molecule is Nc1cccc(NC(=O)c2ccccc2Nc2ccc([N+](=O)[O-])cc2)c1. The van der Waals surface area contributed by atoms with Gasteiger partial charge in [0, 0.05) is 29.2 Å². The number of benzene rings is 3. The molecule has 1 amide bonds. The van der Waals surface area contributed by atoms with Gasteiger partial charge in [0.05, 0.1) is 16.2 Å². The van der Waals surface area contributed by atoms with Gasteiger partial charge in [0.15, 0.2) is 0 Å². The van der Waals surface area contributed by atoms with Crippen molar-refractivity contribution in [1.29, 1.82) is 0 Å². The van der Waals surface area contributed by atoms with Gasteiger partial charge in [-0.1, -0.05) is 18.2 Å². The molecule has 3 aromatic rings. The highest BCUT2D eigenvalue weighted by Crippen LogP contribution is 2.24. The molecule has 130 valence electrons. The van der Waals surface area contributed by atoms with Crippen LogP contribution in [0.2, 0.25) is 0 Å². The van der Waals surface area contributed by atoms with Crippen molar-refractivity contribution in [3.8, 4) is 0 Å². The Morgan fingerprint density at radius 3 is 2.35 bits per heavy atom. The number of amides is 1. The predicted octanol–water partition coefficient (Wildman–Crippen LogP) is 4.17. The highest BCUT2D eigenvalue weighted by atomic mass is 16.6. The van der Waals surface area contributed by atoms with E-state index < -0.39 is 4.92 Å². The molecule has 0 aromatic heterocycles. The van der Waals surface area contributed by atoms with Crippen molar-refractivity contribution in [2.24, 2.45) is 0 Å². The first-order valence-electron chi connectivity index (χ1n) is 7.80. The van der Waals surface area contributed by atoms with Crippen LogP contribution in [-0.2, 0) is 0 Å². The Morgan fingerprint density at radius 1 is 0.923 bits per heavy atom. The maximum Gasteiger partial charge on any atom is 0.269 e. The smallest absolute Gasteiger partial charge is 0.269 e. The lowest BCUT2D eigenvalue weighted by Crippen LogP contribution is -2.14. The number of carbonyl (C=O) groups is 1. The highest BCUT2D eigenvalue weighted by Gasteiger charge is 2.12. The molecule has 7 nitrogen and oxygen atoms in total. The lowest BCUT2D eigenvalue weighted by Gasteiger charge is -2.12. The fourth-order valence-electron chi connectivity index (χ4n) is 2.43. The van der Waals surface area contributed by atoms with Crippen LogP contribution in [-0.4, -0.2) is 10.8 Å². The summed E-state index contributed by atoms with van der Waals surface area (Å²) in [5.41, 5.74) is 8.55. The van der Waals surface area contributed by atoms with E-state index in [1.54, 1.807) is 60.7 Å². The van der Waals surface area contributed by atoms with Crippen LogP contribution in [0.1, 0.15) is 10.4 Å². The quantitative estimate of drug-likeness (QED) is 0.364. The molecule has 0 heterocycles. The monoisotopic (exact) mass is 348 g/mol. The van der Waals surface area contributed by atoms with Crippen LogP contribution in [0.4, 0.5) is 28.4 Å². The van der Waals surface area contributed by atoms with Gasteiger partial charge in [-0.05, 0) is 42.5 Å². The lowest BCUT2D eigenvalue weighted by molar-refractivity contribution is -0.384. The Hall–Kier alpha value is -3.87. The van der Waals surface area contributed by atoms with Gasteiger partial charge in [0.25, 0.3) is 11.6 Å². The second-order valence-electron chi connectivity index (χ2n) is 5.55. The molecular weight excluding hydrogens is 332 g/mol.